The molecule has 1 aromatic carbocycles. The molecule has 0 heterocycles. The van der Waals surface area contributed by atoms with Gasteiger partial charge in [0.15, 0.2) is 0 Å². The largest absolute Gasteiger partial charge is 0.395 e. The predicted octanol–water partition coefficient (Wildman–Crippen LogP) is 2.72. The summed E-state index contributed by atoms with van der Waals surface area (Å²) in [5.41, 5.74) is 4.15. The van der Waals surface area contributed by atoms with Crippen LogP contribution in [0.25, 0.3) is 0 Å². The third-order valence-electron chi connectivity index (χ3n) is 3.62. The summed E-state index contributed by atoms with van der Waals surface area (Å²) in [5, 5.41) is 9.54. The lowest BCUT2D eigenvalue weighted by molar-refractivity contribution is 0.119. The Bertz CT molecular complexity index is 311. The van der Waals surface area contributed by atoms with Gasteiger partial charge in [0, 0.05) is 5.41 Å². The second-order valence-electron chi connectivity index (χ2n) is 4.56. The van der Waals surface area contributed by atoms with Crippen LogP contribution in [0.3, 0.4) is 0 Å². The van der Waals surface area contributed by atoms with Gasteiger partial charge in [-0.15, -0.1) is 0 Å². The molecule has 1 fully saturated rings. The number of hydrogen-bond donors (Lipinski definition) is 1. The molecular weight excluding hydrogens is 172 g/mol. The minimum Gasteiger partial charge on any atom is -0.395 e. The van der Waals surface area contributed by atoms with E-state index in [4.69, 9.17) is 0 Å². The van der Waals surface area contributed by atoms with Crippen LogP contribution in [0.4, 0.5) is 0 Å². The van der Waals surface area contributed by atoms with Crippen LogP contribution in [0.15, 0.2) is 18.2 Å². The first-order valence-electron chi connectivity index (χ1n) is 5.37. The van der Waals surface area contributed by atoms with Crippen LogP contribution in [-0.2, 0) is 5.41 Å². The lowest BCUT2D eigenvalue weighted by Crippen LogP contribution is -2.39. The Labute approximate surface area is 85.8 Å². The van der Waals surface area contributed by atoms with Crippen LogP contribution in [0, 0.1) is 13.8 Å². The van der Waals surface area contributed by atoms with E-state index in [2.05, 4.69) is 32.0 Å². The summed E-state index contributed by atoms with van der Waals surface area (Å²) in [4.78, 5) is 0. The highest BCUT2D eigenvalue weighted by Crippen LogP contribution is 2.45. The van der Waals surface area contributed by atoms with Crippen molar-refractivity contribution in [3.63, 3.8) is 0 Å². The van der Waals surface area contributed by atoms with Gasteiger partial charge in [-0.05, 0) is 43.4 Å². The first-order valence-corrected chi connectivity index (χ1v) is 5.37. The van der Waals surface area contributed by atoms with Gasteiger partial charge >= 0.3 is 0 Å². The summed E-state index contributed by atoms with van der Waals surface area (Å²) < 4.78 is 0. The minimum absolute atomic E-state index is 0.0927. The van der Waals surface area contributed by atoms with Gasteiger partial charge in [0.2, 0.25) is 0 Å². The lowest BCUT2D eigenvalue weighted by Gasteiger charge is -2.42. The molecule has 0 atom stereocenters. The van der Waals surface area contributed by atoms with E-state index in [1.165, 1.54) is 23.1 Å². The normalized spacial score (nSPS) is 19.1. The summed E-state index contributed by atoms with van der Waals surface area (Å²) in [6, 6.07) is 6.40. The van der Waals surface area contributed by atoms with Crippen LogP contribution in [-0.4, -0.2) is 11.7 Å². The van der Waals surface area contributed by atoms with Crippen molar-refractivity contribution < 1.29 is 5.11 Å². The van der Waals surface area contributed by atoms with Gasteiger partial charge in [0.05, 0.1) is 6.61 Å². The zero-order chi connectivity index (χ0) is 10.2. The predicted molar refractivity (Wildman–Crippen MR) is 58.5 cm³/mol. The molecule has 1 aliphatic carbocycles. The number of aliphatic hydroxyl groups excluding tert-OH is 1. The molecule has 1 nitrogen and oxygen atoms in total. The van der Waals surface area contributed by atoms with Crippen molar-refractivity contribution in [2.45, 2.75) is 38.5 Å². The molecule has 1 aliphatic rings. The van der Waals surface area contributed by atoms with Gasteiger partial charge in [0.25, 0.3) is 0 Å². The number of benzene rings is 1. The van der Waals surface area contributed by atoms with E-state index in [0.717, 1.165) is 12.8 Å². The fourth-order valence-electron chi connectivity index (χ4n) is 2.74. The summed E-state index contributed by atoms with van der Waals surface area (Å²) in [5.74, 6) is 0. The van der Waals surface area contributed by atoms with Crippen molar-refractivity contribution in [2.24, 2.45) is 0 Å². The topological polar surface area (TPSA) is 20.2 Å². The van der Waals surface area contributed by atoms with Crippen LogP contribution in [0.1, 0.15) is 36.0 Å². The minimum atomic E-state index is 0.0927. The Morgan fingerprint density at radius 3 is 2.14 bits per heavy atom. The standard InChI is InChI=1S/C13H18O/c1-10-5-3-6-11(2)12(10)13(9-14)7-4-8-13/h3,5-6,14H,4,7-9H2,1-2H3. The summed E-state index contributed by atoms with van der Waals surface area (Å²) in [6.45, 7) is 4.61. The van der Waals surface area contributed by atoms with Gasteiger partial charge in [-0.1, -0.05) is 24.6 Å². The molecule has 14 heavy (non-hydrogen) atoms. The molecule has 76 valence electrons. The first-order chi connectivity index (χ1) is 6.69. The fraction of sp³-hybridized carbons (Fsp3) is 0.538. The molecule has 0 radical (unpaired) electrons. The van der Waals surface area contributed by atoms with E-state index in [9.17, 15) is 5.11 Å². The van der Waals surface area contributed by atoms with E-state index in [-0.39, 0.29) is 5.41 Å². The van der Waals surface area contributed by atoms with E-state index in [1.54, 1.807) is 0 Å². The van der Waals surface area contributed by atoms with E-state index < -0.39 is 0 Å². The number of aliphatic hydroxyl groups is 1. The van der Waals surface area contributed by atoms with Crippen molar-refractivity contribution >= 4 is 0 Å². The van der Waals surface area contributed by atoms with Crippen LogP contribution < -0.4 is 0 Å². The molecule has 0 amide bonds. The molecule has 0 unspecified atom stereocenters. The Hall–Kier alpha value is -0.820. The third kappa shape index (κ3) is 1.27. The van der Waals surface area contributed by atoms with Crippen molar-refractivity contribution in [1.82, 2.24) is 0 Å². The van der Waals surface area contributed by atoms with Crippen molar-refractivity contribution in [1.29, 1.82) is 0 Å². The molecule has 0 aromatic heterocycles. The van der Waals surface area contributed by atoms with Gasteiger partial charge in [-0.25, -0.2) is 0 Å². The molecule has 2 rings (SSSR count). The van der Waals surface area contributed by atoms with Crippen molar-refractivity contribution in [3.05, 3.63) is 34.9 Å². The maximum atomic E-state index is 9.54. The molecule has 0 bridgehead atoms. The Kier molecular flexibility index (Phi) is 2.36. The number of rotatable bonds is 2. The zero-order valence-corrected chi connectivity index (χ0v) is 9.01. The van der Waals surface area contributed by atoms with Gasteiger partial charge in [-0.2, -0.15) is 0 Å². The van der Waals surface area contributed by atoms with Crippen molar-refractivity contribution in [3.8, 4) is 0 Å². The smallest absolute Gasteiger partial charge is 0.0528 e. The third-order valence-corrected chi connectivity index (χ3v) is 3.62. The Balaban J connectivity index is 2.49. The molecule has 1 saturated carbocycles. The molecule has 0 saturated heterocycles. The van der Waals surface area contributed by atoms with Crippen molar-refractivity contribution in [2.75, 3.05) is 6.61 Å². The second-order valence-corrected chi connectivity index (χ2v) is 4.56. The van der Waals surface area contributed by atoms with Crippen LogP contribution >= 0.6 is 0 Å². The van der Waals surface area contributed by atoms with E-state index >= 15 is 0 Å². The maximum Gasteiger partial charge on any atom is 0.0528 e. The average molecular weight is 190 g/mol. The molecule has 0 spiro atoms. The Morgan fingerprint density at radius 2 is 1.79 bits per heavy atom. The molecule has 0 aliphatic heterocycles. The SMILES string of the molecule is Cc1cccc(C)c1C1(CO)CCC1. The van der Waals surface area contributed by atoms with Gasteiger partial charge < -0.3 is 5.11 Å². The van der Waals surface area contributed by atoms with E-state index in [1.807, 2.05) is 0 Å². The lowest BCUT2D eigenvalue weighted by atomic mass is 9.63. The molecular formula is C13H18O. The highest BCUT2D eigenvalue weighted by molar-refractivity contribution is 5.41. The average Bonchev–Trinajstić information content (AvgIpc) is 2.08. The van der Waals surface area contributed by atoms with Crippen LogP contribution in [0.5, 0.6) is 0 Å². The summed E-state index contributed by atoms with van der Waals surface area (Å²) in [7, 11) is 0. The fourth-order valence-corrected chi connectivity index (χ4v) is 2.74. The highest BCUT2D eigenvalue weighted by atomic mass is 16.3. The summed E-state index contributed by atoms with van der Waals surface area (Å²) in [6.07, 6.45) is 3.55. The Morgan fingerprint density at radius 1 is 1.21 bits per heavy atom. The first kappa shape index (κ1) is 9.72. The molecule has 1 aromatic rings. The maximum absolute atomic E-state index is 9.54. The quantitative estimate of drug-likeness (QED) is 0.760. The van der Waals surface area contributed by atoms with Gasteiger partial charge in [-0.3, -0.25) is 0 Å². The monoisotopic (exact) mass is 190 g/mol. The number of aryl methyl sites for hydroxylation is 2. The molecule has 1 N–H and O–H groups in total. The van der Waals surface area contributed by atoms with Gasteiger partial charge in [0.1, 0.15) is 0 Å². The molecule has 1 heteroatoms. The number of hydrogen-bond acceptors (Lipinski definition) is 1. The van der Waals surface area contributed by atoms with Crippen LogP contribution in [0.2, 0.25) is 0 Å². The second kappa shape index (κ2) is 3.39. The summed E-state index contributed by atoms with van der Waals surface area (Å²) >= 11 is 0. The zero-order valence-electron chi connectivity index (χ0n) is 9.01. The van der Waals surface area contributed by atoms with E-state index in [0.29, 0.717) is 6.61 Å². The highest BCUT2D eigenvalue weighted by Gasteiger charge is 2.39.